The number of hydrogen-bond acceptors (Lipinski definition) is 3. The van der Waals surface area contributed by atoms with Gasteiger partial charge in [-0.25, -0.2) is 0 Å². The Kier molecular flexibility index (Phi) is 3.62. The molecule has 0 aromatic heterocycles. The van der Waals surface area contributed by atoms with E-state index in [1.807, 2.05) is 0 Å². The van der Waals surface area contributed by atoms with E-state index in [2.05, 4.69) is 4.57 Å². The lowest BCUT2D eigenvalue weighted by molar-refractivity contribution is 0.393. The monoisotopic (exact) mass is 184 g/mol. The zero-order valence-corrected chi connectivity index (χ0v) is 7.03. The van der Waals surface area contributed by atoms with Crippen LogP contribution in [0.3, 0.4) is 0 Å². The highest BCUT2D eigenvalue weighted by atomic mass is 35.5. The highest BCUT2D eigenvalue weighted by Crippen LogP contribution is 2.03. The van der Waals surface area contributed by atoms with Gasteiger partial charge in [-0.1, -0.05) is 23.7 Å². The second-order valence-corrected chi connectivity index (χ2v) is 2.64. The molecule has 0 bridgehead atoms. The van der Waals surface area contributed by atoms with Crippen LogP contribution in [0.25, 0.3) is 0 Å². The van der Waals surface area contributed by atoms with E-state index in [1.165, 1.54) is 0 Å². The first-order chi connectivity index (χ1) is 5.74. The number of halogens is 1. The predicted octanol–water partition coefficient (Wildman–Crippen LogP) is -0.697. The Balaban J connectivity index is 2.73. The van der Waals surface area contributed by atoms with Crippen LogP contribution in [0.15, 0.2) is 24.3 Å². The van der Waals surface area contributed by atoms with Crippen molar-refractivity contribution in [3.05, 3.63) is 29.3 Å². The van der Waals surface area contributed by atoms with Gasteiger partial charge in [0, 0.05) is 5.02 Å². The average Bonchev–Trinajstić information content (AvgIpc) is 2.05. The molecule has 3 nitrogen and oxygen atoms in total. The maximum atomic E-state index is 9.20. The molecule has 0 amide bonds. The molecular weight excluding hydrogens is 177 g/mol. The summed E-state index contributed by atoms with van der Waals surface area (Å²) in [7, 11) is -1.64. The summed E-state index contributed by atoms with van der Waals surface area (Å²) in [5.74, 6) is 0. The molecule has 6 heteroatoms. The highest BCUT2D eigenvalue weighted by molar-refractivity contribution is 6.64. The lowest BCUT2D eigenvalue weighted by atomic mass is 9.78. The number of rotatable bonds is 3. The van der Waals surface area contributed by atoms with Crippen LogP contribution in [0.4, 0.5) is 0 Å². The quantitative estimate of drug-likeness (QED) is 0.611. The van der Waals surface area contributed by atoms with Gasteiger partial charge < -0.3 is 14.6 Å². The van der Waals surface area contributed by atoms with Crippen molar-refractivity contribution in [2.24, 2.45) is 0 Å². The molecular formula is C6H7B2ClO3. The van der Waals surface area contributed by atoms with Gasteiger partial charge in [0.2, 0.25) is 0 Å². The topological polar surface area (TPSA) is 49.7 Å². The molecule has 62 valence electrons. The number of hydrogen-bond donors (Lipinski definition) is 2. The van der Waals surface area contributed by atoms with Crippen LogP contribution in [0.2, 0.25) is 5.02 Å². The van der Waals surface area contributed by atoms with Crippen LogP contribution in [0.5, 0.6) is 0 Å². The third kappa shape index (κ3) is 2.53. The van der Waals surface area contributed by atoms with E-state index in [0.29, 0.717) is 10.5 Å². The van der Waals surface area contributed by atoms with Crippen molar-refractivity contribution < 1.29 is 14.6 Å². The van der Waals surface area contributed by atoms with Crippen molar-refractivity contribution in [1.29, 1.82) is 0 Å². The van der Waals surface area contributed by atoms with Crippen LogP contribution >= 0.6 is 11.6 Å². The summed E-state index contributed by atoms with van der Waals surface area (Å²) in [6.07, 6.45) is 0. The number of benzene rings is 1. The molecule has 1 rings (SSSR count). The van der Waals surface area contributed by atoms with Gasteiger partial charge in [-0.3, -0.25) is 0 Å². The summed E-state index contributed by atoms with van der Waals surface area (Å²) < 4.78 is 4.54. The van der Waals surface area contributed by atoms with Crippen molar-refractivity contribution in [3.8, 4) is 0 Å². The van der Waals surface area contributed by atoms with E-state index < -0.39 is 14.8 Å². The third-order valence-electron chi connectivity index (χ3n) is 1.37. The van der Waals surface area contributed by atoms with Crippen molar-refractivity contribution in [2.75, 3.05) is 0 Å². The van der Waals surface area contributed by atoms with Gasteiger partial charge in [0.05, 0.1) is 0 Å². The minimum atomic E-state index is -1.12. The zero-order chi connectivity index (χ0) is 8.97. The fraction of sp³-hybridized carbons (Fsp3) is 0. The summed E-state index contributed by atoms with van der Waals surface area (Å²) >= 11 is 5.66. The third-order valence-corrected chi connectivity index (χ3v) is 1.60. The molecule has 0 unspecified atom stereocenters. The first kappa shape index (κ1) is 9.61. The second-order valence-electron chi connectivity index (χ2n) is 2.20. The van der Waals surface area contributed by atoms with E-state index in [-0.39, 0.29) is 0 Å². The van der Waals surface area contributed by atoms with Crippen molar-refractivity contribution in [1.82, 2.24) is 0 Å². The molecule has 2 N–H and O–H groups in total. The zero-order valence-electron chi connectivity index (χ0n) is 6.27. The first-order valence-electron chi connectivity index (χ1n) is 3.40. The summed E-state index contributed by atoms with van der Waals surface area (Å²) in [5, 5.41) is 18.1. The summed E-state index contributed by atoms with van der Waals surface area (Å²) in [6, 6.07) is 6.62. The van der Waals surface area contributed by atoms with Gasteiger partial charge in [0.1, 0.15) is 0 Å². The molecule has 0 saturated carbocycles. The van der Waals surface area contributed by atoms with Gasteiger partial charge in [0.15, 0.2) is 0 Å². The summed E-state index contributed by atoms with van der Waals surface area (Å²) in [4.78, 5) is 0. The average molecular weight is 184 g/mol. The molecule has 0 heterocycles. The standard InChI is InChI=1S/C6H7B2ClO3/c9-6-3-1-2-5(4-6)8(11)12-7-10/h1-4,7,10-11H. The minimum absolute atomic E-state index is 0.520. The van der Waals surface area contributed by atoms with Crippen LogP contribution in [0, 0.1) is 0 Å². The Morgan fingerprint density at radius 3 is 2.83 bits per heavy atom. The largest absolute Gasteiger partial charge is 0.477 e. The van der Waals surface area contributed by atoms with Crippen molar-refractivity contribution in [2.45, 2.75) is 0 Å². The van der Waals surface area contributed by atoms with Gasteiger partial charge in [-0.05, 0) is 17.6 Å². The van der Waals surface area contributed by atoms with Gasteiger partial charge in [0.25, 0.3) is 0 Å². The molecule has 0 saturated heterocycles. The lowest BCUT2D eigenvalue weighted by Gasteiger charge is -2.04. The molecule has 0 aliphatic rings. The fourth-order valence-corrected chi connectivity index (χ4v) is 1.03. The maximum absolute atomic E-state index is 9.20. The summed E-state index contributed by atoms with van der Waals surface area (Å²) in [6.45, 7) is 0. The Morgan fingerprint density at radius 2 is 2.25 bits per heavy atom. The minimum Gasteiger partial charge on any atom is -0.450 e. The Labute approximate surface area is 76.4 Å². The SMILES string of the molecule is OBOB(O)c1cccc(Cl)c1. The molecule has 1 aromatic carbocycles. The molecule has 1 aromatic rings. The second kappa shape index (κ2) is 4.52. The van der Waals surface area contributed by atoms with E-state index >= 15 is 0 Å². The molecule has 0 radical (unpaired) electrons. The Hall–Kier alpha value is -0.480. The molecule has 12 heavy (non-hydrogen) atoms. The molecule has 0 aliphatic carbocycles. The first-order valence-corrected chi connectivity index (χ1v) is 3.78. The molecule has 0 fully saturated rings. The normalized spacial score (nSPS) is 9.58. The van der Waals surface area contributed by atoms with Gasteiger partial charge >= 0.3 is 14.8 Å². The van der Waals surface area contributed by atoms with Crippen LogP contribution in [0.1, 0.15) is 0 Å². The van der Waals surface area contributed by atoms with Crippen molar-refractivity contribution in [3.63, 3.8) is 0 Å². The van der Waals surface area contributed by atoms with E-state index in [0.717, 1.165) is 0 Å². The van der Waals surface area contributed by atoms with Crippen molar-refractivity contribution >= 4 is 31.9 Å². The highest BCUT2D eigenvalue weighted by Gasteiger charge is 2.15. The van der Waals surface area contributed by atoms with Crippen LogP contribution in [-0.4, -0.2) is 24.9 Å². The Morgan fingerprint density at radius 1 is 1.50 bits per heavy atom. The predicted molar refractivity (Wildman–Crippen MR) is 49.5 cm³/mol. The molecule has 0 spiro atoms. The summed E-state index contributed by atoms with van der Waals surface area (Å²) in [5.41, 5.74) is 0.525. The van der Waals surface area contributed by atoms with Gasteiger partial charge in [-0.2, -0.15) is 0 Å². The van der Waals surface area contributed by atoms with Crippen LogP contribution in [-0.2, 0) is 4.57 Å². The smallest absolute Gasteiger partial charge is 0.450 e. The van der Waals surface area contributed by atoms with Gasteiger partial charge in [-0.15, -0.1) is 0 Å². The Bertz CT molecular complexity index is 258. The van der Waals surface area contributed by atoms with Crippen LogP contribution < -0.4 is 5.46 Å². The maximum Gasteiger partial charge on any atom is 0.477 e. The fourth-order valence-electron chi connectivity index (χ4n) is 0.827. The van der Waals surface area contributed by atoms with E-state index in [4.69, 9.17) is 16.6 Å². The molecule has 0 aliphatic heterocycles. The molecule has 0 atom stereocenters. The lowest BCUT2D eigenvalue weighted by Crippen LogP contribution is -2.34. The van der Waals surface area contributed by atoms with E-state index in [9.17, 15) is 5.02 Å². The van der Waals surface area contributed by atoms with E-state index in [1.54, 1.807) is 24.3 Å².